The highest BCUT2D eigenvalue weighted by Gasteiger charge is 2.50. The summed E-state index contributed by atoms with van der Waals surface area (Å²) in [5, 5.41) is 2.86. The van der Waals surface area contributed by atoms with Crippen molar-refractivity contribution in [3.63, 3.8) is 0 Å². The molecular formula is C23H30N3O3+. The van der Waals surface area contributed by atoms with Crippen LogP contribution in [0.25, 0.3) is 0 Å². The number of carbonyl (C=O) groups is 2. The Balaban J connectivity index is 1.70. The van der Waals surface area contributed by atoms with E-state index in [1.807, 2.05) is 25.2 Å². The minimum Gasteiger partial charge on any atom is -0.497 e. The normalized spacial score (nSPS) is 20.1. The molecule has 0 aliphatic carbocycles. The SMILES string of the molecule is COc1cccc([C@]2(C)NC(=O)N(C[NH+](C)Cc3ccc(C(C)C)cc3)C2=O)c1. The molecule has 29 heavy (non-hydrogen) atoms. The molecule has 1 aliphatic rings. The van der Waals surface area contributed by atoms with Crippen molar-refractivity contribution in [1.29, 1.82) is 0 Å². The van der Waals surface area contributed by atoms with Gasteiger partial charge in [0.05, 0.1) is 14.2 Å². The van der Waals surface area contributed by atoms with Gasteiger partial charge in [-0.15, -0.1) is 0 Å². The van der Waals surface area contributed by atoms with E-state index in [2.05, 4.69) is 43.4 Å². The van der Waals surface area contributed by atoms with Crippen LogP contribution < -0.4 is 15.0 Å². The van der Waals surface area contributed by atoms with Crippen LogP contribution in [-0.2, 0) is 16.9 Å². The van der Waals surface area contributed by atoms with E-state index in [0.29, 0.717) is 23.9 Å². The van der Waals surface area contributed by atoms with Crippen LogP contribution in [0.3, 0.4) is 0 Å². The smallest absolute Gasteiger partial charge is 0.329 e. The molecule has 0 spiro atoms. The average molecular weight is 397 g/mol. The molecule has 1 heterocycles. The first-order valence-corrected chi connectivity index (χ1v) is 9.93. The maximum absolute atomic E-state index is 13.1. The second-order valence-electron chi connectivity index (χ2n) is 8.21. The van der Waals surface area contributed by atoms with Crippen molar-refractivity contribution in [1.82, 2.24) is 10.2 Å². The van der Waals surface area contributed by atoms with Crippen LogP contribution in [0, 0.1) is 0 Å². The number of quaternary nitrogens is 1. The highest BCUT2D eigenvalue weighted by Crippen LogP contribution is 2.30. The van der Waals surface area contributed by atoms with Gasteiger partial charge in [-0.05, 0) is 36.1 Å². The Hall–Kier alpha value is -2.86. The van der Waals surface area contributed by atoms with E-state index in [9.17, 15) is 9.59 Å². The van der Waals surface area contributed by atoms with Crippen LogP contribution >= 0.6 is 0 Å². The fraction of sp³-hybridized carbons (Fsp3) is 0.391. The van der Waals surface area contributed by atoms with Crippen molar-refractivity contribution in [2.75, 3.05) is 20.8 Å². The fourth-order valence-electron chi connectivity index (χ4n) is 3.66. The number of methoxy groups -OCH3 is 1. The number of urea groups is 1. The predicted molar refractivity (Wildman–Crippen MR) is 112 cm³/mol. The number of amides is 3. The summed E-state index contributed by atoms with van der Waals surface area (Å²) in [4.78, 5) is 28.1. The van der Waals surface area contributed by atoms with Gasteiger partial charge in [0.1, 0.15) is 17.8 Å². The molecule has 2 N–H and O–H groups in total. The third kappa shape index (κ3) is 4.27. The van der Waals surface area contributed by atoms with E-state index in [1.165, 1.54) is 16.0 Å². The van der Waals surface area contributed by atoms with Crippen molar-refractivity contribution >= 4 is 11.9 Å². The third-order valence-electron chi connectivity index (χ3n) is 5.50. The Morgan fingerprint density at radius 2 is 1.83 bits per heavy atom. The number of hydrogen-bond donors (Lipinski definition) is 2. The zero-order chi connectivity index (χ0) is 21.2. The van der Waals surface area contributed by atoms with Gasteiger partial charge >= 0.3 is 6.03 Å². The van der Waals surface area contributed by atoms with E-state index < -0.39 is 5.54 Å². The lowest BCUT2D eigenvalue weighted by Gasteiger charge is -2.23. The second kappa shape index (κ2) is 8.25. The van der Waals surface area contributed by atoms with Gasteiger partial charge in [-0.2, -0.15) is 0 Å². The molecule has 6 nitrogen and oxygen atoms in total. The summed E-state index contributed by atoms with van der Waals surface area (Å²) >= 11 is 0. The lowest BCUT2D eigenvalue weighted by molar-refractivity contribution is -0.901. The molecule has 1 fully saturated rings. The summed E-state index contributed by atoms with van der Waals surface area (Å²) < 4.78 is 5.26. The first-order valence-electron chi connectivity index (χ1n) is 9.93. The van der Waals surface area contributed by atoms with Gasteiger partial charge in [0, 0.05) is 5.56 Å². The molecule has 6 heteroatoms. The lowest BCUT2D eigenvalue weighted by atomic mass is 9.92. The maximum atomic E-state index is 13.1. The molecular weight excluding hydrogens is 366 g/mol. The van der Waals surface area contributed by atoms with Crippen molar-refractivity contribution in [2.45, 2.75) is 38.8 Å². The third-order valence-corrected chi connectivity index (χ3v) is 5.50. The fourth-order valence-corrected chi connectivity index (χ4v) is 3.66. The number of rotatable bonds is 7. The summed E-state index contributed by atoms with van der Waals surface area (Å²) in [6, 6.07) is 15.4. The molecule has 154 valence electrons. The summed E-state index contributed by atoms with van der Waals surface area (Å²) in [5.74, 6) is 0.899. The molecule has 0 bridgehead atoms. The van der Waals surface area contributed by atoms with E-state index in [4.69, 9.17) is 4.74 Å². The number of ether oxygens (including phenoxy) is 1. The summed E-state index contributed by atoms with van der Waals surface area (Å²) in [6.45, 7) is 7.11. The Morgan fingerprint density at radius 3 is 2.45 bits per heavy atom. The van der Waals surface area contributed by atoms with Crippen LogP contribution in [0.5, 0.6) is 5.75 Å². The molecule has 3 amide bonds. The molecule has 0 saturated carbocycles. The summed E-state index contributed by atoms with van der Waals surface area (Å²) in [5.41, 5.74) is 2.09. The average Bonchev–Trinajstić information content (AvgIpc) is 2.92. The molecule has 2 aromatic carbocycles. The molecule has 0 aromatic heterocycles. The summed E-state index contributed by atoms with van der Waals surface area (Å²) in [6.07, 6.45) is 0. The van der Waals surface area contributed by atoms with E-state index in [0.717, 1.165) is 11.4 Å². The molecule has 1 saturated heterocycles. The van der Waals surface area contributed by atoms with Crippen molar-refractivity contribution in [3.8, 4) is 5.75 Å². The van der Waals surface area contributed by atoms with Crippen LogP contribution in [0.4, 0.5) is 4.79 Å². The molecule has 2 atom stereocenters. The minimum absolute atomic E-state index is 0.245. The monoisotopic (exact) mass is 396 g/mol. The highest BCUT2D eigenvalue weighted by molar-refractivity contribution is 6.07. The standard InChI is InChI=1S/C23H29N3O3/c1-16(2)18-11-9-17(10-12-18)14-25(4)15-26-21(27)23(3,24-22(26)28)19-7-6-8-20(13-19)29-5/h6-13,16H,14-15H2,1-5H3,(H,24,28)/p+1/t23-/m0/s1. The van der Waals surface area contributed by atoms with Gasteiger partial charge in [0.25, 0.3) is 5.91 Å². The first kappa shape index (κ1) is 20.9. The zero-order valence-corrected chi connectivity index (χ0v) is 17.8. The molecule has 3 rings (SSSR count). The quantitative estimate of drug-likeness (QED) is 0.706. The van der Waals surface area contributed by atoms with Gasteiger partial charge in [0.2, 0.25) is 0 Å². The second-order valence-corrected chi connectivity index (χ2v) is 8.21. The highest BCUT2D eigenvalue weighted by atomic mass is 16.5. The number of nitrogens with zero attached hydrogens (tertiary/aromatic N) is 1. The largest absolute Gasteiger partial charge is 0.497 e. The number of benzene rings is 2. The lowest BCUT2D eigenvalue weighted by Crippen LogP contribution is -3.09. The Labute approximate surface area is 172 Å². The number of imide groups is 1. The Morgan fingerprint density at radius 1 is 1.14 bits per heavy atom. The zero-order valence-electron chi connectivity index (χ0n) is 17.8. The van der Waals surface area contributed by atoms with Crippen LogP contribution in [-0.4, -0.2) is 37.7 Å². The van der Waals surface area contributed by atoms with E-state index in [1.54, 1.807) is 20.1 Å². The van der Waals surface area contributed by atoms with Gasteiger partial charge in [0.15, 0.2) is 6.67 Å². The van der Waals surface area contributed by atoms with Crippen molar-refractivity contribution < 1.29 is 19.2 Å². The van der Waals surface area contributed by atoms with Crippen molar-refractivity contribution in [3.05, 3.63) is 65.2 Å². The van der Waals surface area contributed by atoms with Gasteiger partial charge in [-0.25, -0.2) is 9.69 Å². The molecule has 1 aliphatic heterocycles. The topological polar surface area (TPSA) is 63.1 Å². The van der Waals surface area contributed by atoms with E-state index in [-0.39, 0.29) is 11.9 Å². The molecule has 1 unspecified atom stereocenters. The van der Waals surface area contributed by atoms with Gasteiger partial charge < -0.3 is 15.0 Å². The first-order chi connectivity index (χ1) is 13.7. The van der Waals surface area contributed by atoms with Gasteiger partial charge in [-0.3, -0.25) is 4.79 Å². The Kier molecular flexibility index (Phi) is 5.94. The maximum Gasteiger partial charge on any atom is 0.329 e. The number of hydrogen-bond acceptors (Lipinski definition) is 3. The van der Waals surface area contributed by atoms with E-state index >= 15 is 0 Å². The predicted octanol–water partition coefficient (Wildman–Crippen LogP) is 2.26. The summed E-state index contributed by atoms with van der Waals surface area (Å²) in [7, 11) is 3.56. The minimum atomic E-state index is -1.09. The van der Waals surface area contributed by atoms with Crippen LogP contribution in [0.15, 0.2) is 48.5 Å². The Bertz CT molecular complexity index is 894. The van der Waals surface area contributed by atoms with Crippen LogP contribution in [0.2, 0.25) is 0 Å². The molecule has 0 radical (unpaired) electrons. The van der Waals surface area contributed by atoms with Crippen molar-refractivity contribution in [2.24, 2.45) is 0 Å². The van der Waals surface area contributed by atoms with Crippen LogP contribution in [0.1, 0.15) is 43.4 Å². The molecule has 2 aromatic rings. The number of carbonyl (C=O) groups excluding carboxylic acids is 2. The van der Waals surface area contributed by atoms with Gasteiger partial charge in [-0.1, -0.05) is 50.2 Å². The number of nitrogens with one attached hydrogen (secondary N) is 2.